The maximum absolute atomic E-state index is 13.4. The summed E-state index contributed by atoms with van der Waals surface area (Å²) in [5, 5.41) is 3.46. The summed E-state index contributed by atoms with van der Waals surface area (Å²) < 4.78 is 44.7. The highest BCUT2D eigenvalue weighted by Gasteiger charge is 2.23. The molecule has 0 aliphatic carbocycles. The van der Waals surface area contributed by atoms with Crippen molar-refractivity contribution in [1.82, 2.24) is 5.16 Å². The van der Waals surface area contributed by atoms with Gasteiger partial charge in [0.15, 0.2) is 5.82 Å². The Morgan fingerprint density at radius 3 is 2.68 bits per heavy atom. The van der Waals surface area contributed by atoms with E-state index in [2.05, 4.69) is 14.4 Å². The number of nitrogens with zero attached hydrogens (tertiary/aromatic N) is 1. The number of aromatic nitrogens is 1. The third-order valence-corrected chi connectivity index (χ3v) is 4.29. The second-order valence-electron chi connectivity index (χ2n) is 4.03. The van der Waals surface area contributed by atoms with Crippen LogP contribution in [0.3, 0.4) is 0 Å². The molecule has 0 bridgehead atoms. The summed E-state index contributed by atoms with van der Waals surface area (Å²) in [6.45, 7) is 2.94. The lowest BCUT2D eigenvalue weighted by molar-refractivity contribution is 0.423. The van der Waals surface area contributed by atoms with E-state index in [1.807, 2.05) is 0 Å². The molecule has 102 valence electrons. The van der Waals surface area contributed by atoms with Crippen molar-refractivity contribution in [3.05, 3.63) is 35.3 Å². The van der Waals surface area contributed by atoms with Gasteiger partial charge in [0.25, 0.3) is 10.0 Å². The predicted octanol–water partition coefficient (Wildman–Crippen LogP) is 1.81. The maximum atomic E-state index is 13.4. The number of sulfonamides is 1. The van der Waals surface area contributed by atoms with Gasteiger partial charge >= 0.3 is 0 Å². The smallest absolute Gasteiger partial charge is 0.263 e. The van der Waals surface area contributed by atoms with E-state index in [0.29, 0.717) is 0 Å². The Bertz CT molecular complexity index is 711. The summed E-state index contributed by atoms with van der Waals surface area (Å²) in [5.74, 6) is -0.600. The van der Waals surface area contributed by atoms with Crippen LogP contribution in [0.15, 0.2) is 27.8 Å². The van der Waals surface area contributed by atoms with Crippen molar-refractivity contribution < 1.29 is 17.3 Å². The van der Waals surface area contributed by atoms with Crippen molar-refractivity contribution in [2.45, 2.75) is 18.7 Å². The number of benzene rings is 1. The number of aryl methyl sites for hydroxylation is 1. The number of hydrogen-bond acceptors (Lipinski definition) is 5. The fourth-order valence-electron chi connectivity index (χ4n) is 1.80. The van der Waals surface area contributed by atoms with Crippen molar-refractivity contribution in [1.29, 1.82) is 0 Å². The first-order chi connectivity index (χ1) is 8.83. The van der Waals surface area contributed by atoms with Crippen LogP contribution < -0.4 is 10.5 Å². The van der Waals surface area contributed by atoms with Gasteiger partial charge in [-0.05, 0) is 31.0 Å². The molecule has 0 unspecified atom stereocenters. The van der Waals surface area contributed by atoms with E-state index in [1.54, 1.807) is 0 Å². The molecular formula is C11H12FN3O3S. The van der Waals surface area contributed by atoms with Crippen LogP contribution in [0.25, 0.3) is 0 Å². The second kappa shape index (κ2) is 4.54. The molecule has 0 spiro atoms. The molecule has 6 nitrogen and oxygen atoms in total. The first-order valence-electron chi connectivity index (χ1n) is 5.31. The second-order valence-corrected chi connectivity index (χ2v) is 5.65. The summed E-state index contributed by atoms with van der Waals surface area (Å²) in [6, 6.07) is 2.44. The molecule has 1 aromatic carbocycles. The van der Waals surface area contributed by atoms with Gasteiger partial charge in [-0.2, -0.15) is 0 Å². The molecule has 0 radical (unpaired) electrons. The van der Waals surface area contributed by atoms with Gasteiger partial charge in [0.2, 0.25) is 0 Å². The van der Waals surface area contributed by atoms with E-state index in [4.69, 9.17) is 5.73 Å². The normalized spacial score (nSPS) is 11.5. The Balaban J connectivity index is 2.55. The lowest BCUT2D eigenvalue weighted by Gasteiger charge is -2.13. The third-order valence-electron chi connectivity index (χ3n) is 2.65. The van der Waals surface area contributed by atoms with Crippen molar-refractivity contribution in [2.75, 3.05) is 10.5 Å². The van der Waals surface area contributed by atoms with Gasteiger partial charge < -0.3 is 10.3 Å². The van der Waals surface area contributed by atoms with Gasteiger partial charge in [0.1, 0.15) is 12.1 Å². The molecule has 0 saturated heterocycles. The highest BCUT2D eigenvalue weighted by molar-refractivity contribution is 7.92. The number of rotatable bonds is 3. The number of halogens is 1. The maximum Gasteiger partial charge on any atom is 0.263 e. The quantitative estimate of drug-likeness (QED) is 0.838. The number of hydrogen-bond donors (Lipinski definition) is 2. The fraction of sp³-hybridized carbons (Fsp3) is 0.182. The van der Waals surface area contributed by atoms with Crippen LogP contribution in [0.2, 0.25) is 0 Å². The first-order valence-corrected chi connectivity index (χ1v) is 6.79. The van der Waals surface area contributed by atoms with Gasteiger partial charge in [0.05, 0.1) is 10.6 Å². The summed E-state index contributed by atoms with van der Waals surface area (Å²) in [4.78, 5) is -0.0607. The molecule has 8 heteroatoms. The van der Waals surface area contributed by atoms with Gasteiger partial charge in [-0.15, -0.1) is 0 Å². The molecule has 1 heterocycles. The lowest BCUT2D eigenvalue weighted by Crippen LogP contribution is -2.17. The molecule has 0 saturated carbocycles. The largest absolute Gasteiger partial charge is 0.396 e. The number of anilines is 2. The summed E-state index contributed by atoms with van der Waals surface area (Å²) in [6.07, 6.45) is 1.23. The van der Waals surface area contributed by atoms with Crippen LogP contribution in [-0.2, 0) is 10.0 Å². The zero-order valence-corrected chi connectivity index (χ0v) is 11.1. The average molecular weight is 285 g/mol. The van der Waals surface area contributed by atoms with E-state index in [9.17, 15) is 12.8 Å². The monoisotopic (exact) mass is 285 g/mol. The van der Waals surface area contributed by atoms with Crippen LogP contribution >= 0.6 is 0 Å². The SMILES string of the molecule is Cc1cc(F)c(N)c(C)c1S(=O)(=O)Nc1ccon1. The third kappa shape index (κ3) is 2.39. The van der Waals surface area contributed by atoms with Gasteiger partial charge in [0, 0.05) is 6.07 Å². The summed E-state index contributed by atoms with van der Waals surface area (Å²) in [7, 11) is -3.90. The molecule has 0 aliphatic heterocycles. The van der Waals surface area contributed by atoms with Crippen LogP contribution in [0.1, 0.15) is 11.1 Å². The predicted molar refractivity (Wildman–Crippen MR) is 67.6 cm³/mol. The minimum Gasteiger partial charge on any atom is -0.396 e. The van der Waals surface area contributed by atoms with E-state index < -0.39 is 15.8 Å². The van der Waals surface area contributed by atoms with E-state index in [-0.39, 0.29) is 27.5 Å². The fourth-order valence-corrected chi connectivity index (χ4v) is 3.28. The van der Waals surface area contributed by atoms with Crippen molar-refractivity contribution in [2.24, 2.45) is 0 Å². The molecule has 2 rings (SSSR count). The molecular weight excluding hydrogens is 273 g/mol. The van der Waals surface area contributed by atoms with Gasteiger partial charge in [-0.3, -0.25) is 4.72 Å². The molecule has 0 fully saturated rings. The van der Waals surface area contributed by atoms with Crippen LogP contribution in [0, 0.1) is 19.7 Å². The Morgan fingerprint density at radius 1 is 1.42 bits per heavy atom. The van der Waals surface area contributed by atoms with E-state index in [1.165, 1.54) is 26.2 Å². The summed E-state index contributed by atoms with van der Waals surface area (Å²) in [5.41, 5.74) is 5.76. The Labute approximate surface area is 109 Å². The van der Waals surface area contributed by atoms with Crippen LogP contribution in [0.5, 0.6) is 0 Å². The average Bonchev–Trinajstić information content (AvgIpc) is 2.77. The summed E-state index contributed by atoms with van der Waals surface area (Å²) >= 11 is 0. The Kier molecular flexibility index (Phi) is 3.19. The van der Waals surface area contributed by atoms with Crippen molar-refractivity contribution >= 4 is 21.5 Å². The standard InChI is InChI=1S/C11H12FN3O3S/c1-6-5-8(12)10(13)7(2)11(6)19(16,17)15-9-3-4-18-14-9/h3-5H,13H2,1-2H3,(H,14,15). The highest BCUT2D eigenvalue weighted by Crippen LogP contribution is 2.28. The molecule has 0 atom stereocenters. The topological polar surface area (TPSA) is 98.2 Å². The van der Waals surface area contributed by atoms with E-state index >= 15 is 0 Å². The van der Waals surface area contributed by atoms with Crippen molar-refractivity contribution in [3.63, 3.8) is 0 Å². The minimum atomic E-state index is -3.90. The number of nitrogen functional groups attached to an aromatic ring is 1. The molecule has 19 heavy (non-hydrogen) atoms. The minimum absolute atomic E-state index is 0.0432. The first kappa shape index (κ1) is 13.3. The van der Waals surface area contributed by atoms with Crippen LogP contribution in [0.4, 0.5) is 15.9 Å². The van der Waals surface area contributed by atoms with E-state index in [0.717, 1.165) is 6.07 Å². The molecule has 1 aromatic heterocycles. The molecule has 0 aliphatic rings. The molecule has 2 aromatic rings. The zero-order chi connectivity index (χ0) is 14.2. The Hall–Kier alpha value is -2.09. The van der Waals surface area contributed by atoms with Gasteiger partial charge in [-0.25, -0.2) is 12.8 Å². The molecule has 3 N–H and O–H groups in total. The van der Waals surface area contributed by atoms with Crippen LogP contribution in [-0.4, -0.2) is 13.6 Å². The van der Waals surface area contributed by atoms with Crippen molar-refractivity contribution in [3.8, 4) is 0 Å². The molecule has 0 amide bonds. The number of nitrogens with one attached hydrogen (secondary N) is 1. The highest BCUT2D eigenvalue weighted by atomic mass is 32.2. The Morgan fingerprint density at radius 2 is 2.11 bits per heavy atom. The number of nitrogens with two attached hydrogens (primary N) is 1. The lowest BCUT2D eigenvalue weighted by atomic mass is 10.1. The van der Waals surface area contributed by atoms with Gasteiger partial charge in [-0.1, -0.05) is 5.16 Å². The zero-order valence-electron chi connectivity index (χ0n) is 10.3.